The first kappa shape index (κ1) is 34.5. The summed E-state index contributed by atoms with van der Waals surface area (Å²) in [7, 11) is 1.76. The van der Waals surface area contributed by atoms with E-state index in [1.165, 1.54) is 5.56 Å². The molecule has 0 saturated heterocycles. The molecule has 1 unspecified atom stereocenters. The van der Waals surface area contributed by atoms with Crippen LogP contribution >= 0.6 is 0 Å². The molecule has 5 aromatic rings. The van der Waals surface area contributed by atoms with Gasteiger partial charge in [0.05, 0.1) is 5.56 Å². The van der Waals surface area contributed by atoms with Crippen molar-refractivity contribution in [2.24, 2.45) is 5.92 Å². The molecule has 2 atom stereocenters. The minimum Gasteiger partial charge on any atom is -0.508 e. The van der Waals surface area contributed by atoms with Crippen molar-refractivity contribution in [3.8, 4) is 17.0 Å². The van der Waals surface area contributed by atoms with Crippen molar-refractivity contribution in [1.82, 2.24) is 14.4 Å². The minimum absolute atomic E-state index is 0.00717. The molecule has 0 aliphatic carbocycles. The Balaban J connectivity index is 1.19. The highest BCUT2D eigenvalue weighted by atomic mass is 16.3. The van der Waals surface area contributed by atoms with Gasteiger partial charge in [-0.2, -0.15) is 0 Å². The summed E-state index contributed by atoms with van der Waals surface area (Å²) >= 11 is 0. The van der Waals surface area contributed by atoms with Gasteiger partial charge in [0.2, 0.25) is 5.91 Å². The number of anilines is 1. The number of aromatic nitrogens is 1. The zero-order valence-corrected chi connectivity index (χ0v) is 30.7. The quantitative estimate of drug-likeness (QED) is 0.187. The number of rotatable bonds is 7. The molecule has 8 rings (SSSR count). The molecule has 0 bridgehead atoms. The molecule has 3 aliphatic heterocycles. The van der Waals surface area contributed by atoms with E-state index in [-0.39, 0.29) is 35.4 Å². The summed E-state index contributed by atoms with van der Waals surface area (Å²) < 4.78 is 2.24. The van der Waals surface area contributed by atoms with Gasteiger partial charge >= 0.3 is 0 Å². The van der Waals surface area contributed by atoms with Gasteiger partial charge in [0, 0.05) is 73.4 Å². The number of benzene rings is 4. The van der Waals surface area contributed by atoms with Gasteiger partial charge < -0.3 is 24.4 Å². The standard InChI is InChI=1S/C45H46N4O4/c1-29(21-31-11-5-4-6-12-31)43(51)47-26-34-23-38(39(24-35(34)27-47)45(53)49-28-33-14-8-7-13-32(33)22-30(49)2)42-25-40(41-15-9-10-20-48(41)42)44(52)46(3)36-16-18-37(50)19-17-36/h4-8,11-14,16-19,23-25,29-30,50H,9-10,15,20-22,26-28H2,1-3H3/t29?,30-/m1/s1. The van der Waals surface area contributed by atoms with Crippen LogP contribution in [0.4, 0.5) is 5.69 Å². The predicted octanol–water partition coefficient (Wildman–Crippen LogP) is 7.78. The third-order valence-electron chi connectivity index (χ3n) is 11.5. The molecule has 3 aliphatic rings. The molecule has 3 amide bonds. The molecule has 8 heteroatoms. The molecule has 0 fully saturated rings. The summed E-state index contributed by atoms with van der Waals surface area (Å²) in [5, 5.41) is 9.85. The summed E-state index contributed by atoms with van der Waals surface area (Å²) in [6.45, 7) is 6.33. The lowest BCUT2D eigenvalue weighted by atomic mass is 9.92. The van der Waals surface area contributed by atoms with Gasteiger partial charge in [0.1, 0.15) is 5.75 Å². The van der Waals surface area contributed by atoms with Crippen LogP contribution in [0.25, 0.3) is 11.3 Å². The van der Waals surface area contributed by atoms with Gasteiger partial charge in [-0.05, 0) is 109 Å². The van der Waals surface area contributed by atoms with Crippen LogP contribution in [0.1, 0.15) is 80.9 Å². The predicted molar refractivity (Wildman–Crippen MR) is 207 cm³/mol. The topological polar surface area (TPSA) is 86.1 Å². The zero-order valence-electron chi connectivity index (χ0n) is 30.7. The zero-order chi connectivity index (χ0) is 36.8. The maximum absolute atomic E-state index is 14.9. The number of fused-ring (bicyclic) bond motifs is 3. The van der Waals surface area contributed by atoms with E-state index in [1.807, 2.05) is 53.1 Å². The van der Waals surface area contributed by atoms with Crippen molar-refractivity contribution >= 4 is 23.4 Å². The van der Waals surface area contributed by atoms with Crippen LogP contribution in [0.15, 0.2) is 97.1 Å². The number of aromatic hydroxyl groups is 1. The number of hydrogen-bond acceptors (Lipinski definition) is 4. The summed E-state index contributed by atoms with van der Waals surface area (Å²) in [5.74, 6) is -0.104. The third kappa shape index (κ3) is 6.52. The molecule has 1 N–H and O–H groups in total. The highest BCUT2D eigenvalue weighted by Gasteiger charge is 2.35. The van der Waals surface area contributed by atoms with Gasteiger partial charge in [-0.15, -0.1) is 0 Å². The molecule has 270 valence electrons. The molecule has 0 spiro atoms. The number of phenols is 1. The van der Waals surface area contributed by atoms with Crippen LogP contribution in [0.2, 0.25) is 0 Å². The lowest BCUT2D eigenvalue weighted by molar-refractivity contribution is -0.135. The normalized spacial score (nSPS) is 16.8. The Labute approximate surface area is 311 Å². The lowest BCUT2D eigenvalue weighted by Gasteiger charge is -2.35. The molecule has 4 aromatic carbocycles. The first-order valence-corrected chi connectivity index (χ1v) is 18.8. The van der Waals surface area contributed by atoms with Gasteiger partial charge in [-0.3, -0.25) is 14.4 Å². The summed E-state index contributed by atoms with van der Waals surface area (Å²) in [6, 6.07) is 31.2. The van der Waals surface area contributed by atoms with Crippen molar-refractivity contribution in [3.05, 3.63) is 142 Å². The van der Waals surface area contributed by atoms with Crippen molar-refractivity contribution in [1.29, 1.82) is 0 Å². The Hall–Kier alpha value is -5.63. The van der Waals surface area contributed by atoms with Crippen LogP contribution in [0.3, 0.4) is 0 Å². The minimum atomic E-state index is -0.182. The Morgan fingerprint density at radius 2 is 1.51 bits per heavy atom. The number of nitrogens with zero attached hydrogens (tertiary/aromatic N) is 4. The van der Waals surface area contributed by atoms with Crippen molar-refractivity contribution in [3.63, 3.8) is 0 Å². The molecule has 8 nitrogen and oxygen atoms in total. The Bertz CT molecular complexity index is 2210. The van der Waals surface area contributed by atoms with Crippen LogP contribution in [0.5, 0.6) is 5.75 Å². The Kier molecular flexibility index (Phi) is 9.15. The number of carbonyl (C=O) groups is 3. The SMILES string of the molecule is CC(Cc1ccccc1)C(=O)N1Cc2cc(C(=O)N3Cc4ccccc4C[C@H]3C)c(-c3cc(C(=O)N(C)c4ccc(O)cc4)c4n3CCCC4)cc2C1. The second-order valence-corrected chi connectivity index (χ2v) is 15.1. The van der Waals surface area contributed by atoms with Gasteiger partial charge in [0.15, 0.2) is 0 Å². The van der Waals surface area contributed by atoms with E-state index in [4.69, 9.17) is 0 Å². The molecule has 0 radical (unpaired) electrons. The maximum atomic E-state index is 14.9. The fraction of sp³-hybridized carbons (Fsp3) is 0.311. The summed E-state index contributed by atoms with van der Waals surface area (Å²) in [5.41, 5.74) is 10.2. The molecular formula is C45H46N4O4. The van der Waals surface area contributed by atoms with Crippen LogP contribution in [-0.2, 0) is 50.2 Å². The Morgan fingerprint density at radius 1 is 0.811 bits per heavy atom. The highest BCUT2D eigenvalue weighted by molar-refractivity contribution is 6.08. The van der Waals surface area contributed by atoms with E-state index in [0.29, 0.717) is 42.9 Å². The van der Waals surface area contributed by atoms with Gasteiger partial charge in [-0.25, -0.2) is 0 Å². The van der Waals surface area contributed by atoms with E-state index >= 15 is 0 Å². The first-order valence-electron chi connectivity index (χ1n) is 18.8. The largest absolute Gasteiger partial charge is 0.508 e. The van der Waals surface area contributed by atoms with Gasteiger partial charge in [-0.1, -0.05) is 61.5 Å². The van der Waals surface area contributed by atoms with E-state index in [0.717, 1.165) is 71.4 Å². The van der Waals surface area contributed by atoms with E-state index < -0.39 is 0 Å². The monoisotopic (exact) mass is 706 g/mol. The van der Waals surface area contributed by atoms with Crippen LogP contribution in [-0.4, -0.2) is 50.3 Å². The van der Waals surface area contributed by atoms with Crippen molar-refractivity contribution < 1.29 is 19.5 Å². The molecule has 4 heterocycles. The van der Waals surface area contributed by atoms with E-state index in [1.54, 1.807) is 36.2 Å². The third-order valence-corrected chi connectivity index (χ3v) is 11.5. The smallest absolute Gasteiger partial charge is 0.259 e. The number of phenolic OH excluding ortho intramolecular Hbond substituents is 1. The second-order valence-electron chi connectivity index (χ2n) is 15.1. The van der Waals surface area contributed by atoms with E-state index in [2.05, 4.69) is 47.9 Å². The molecule has 53 heavy (non-hydrogen) atoms. The number of hydrogen-bond donors (Lipinski definition) is 1. The molecule has 1 aromatic heterocycles. The summed E-state index contributed by atoms with van der Waals surface area (Å²) in [6.07, 6.45) is 4.17. The second kappa shape index (κ2) is 14.1. The molecular weight excluding hydrogens is 661 g/mol. The number of amides is 3. The van der Waals surface area contributed by atoms with Crippen molar-refractivity contribution in [2.45, 2.75) is 78.2 Å². The average molecular weight is 707 g/mol. The number of carbonyl (C=O) groups excluding carboxylic acids is 3. The van der Waals surface area contributed by atoms with Crippen LogP contribution < -0.4 is 4.90 Å². The van der Waals surface area contributed by atoms with Crippen molar-refractivity contribution in [2.75, 3.05) is 11.9 Å². The maximum Gasteiger partial charge on any atom is 0.259 e. The van der Waals surface area contributed by atoms with Gasteiger partial charge in [0.25, 0.3) is 11.8 Å². The van der Waals surface area contributed by atoms with Crippen LogP contribution in [0, 0.1) is 5.92 Å². The summed E-state index contributed by atoms with van der Waals surface area (Å²) in [4.78, 5) is 48.5. The first-order chi connectivity index (χ1) is 25.7. The highest BCUT2D eigenvalue weighted by Crippen LogP contribution is 2.39. The molecule has 0 saturated carbocycles. The Morgan fingerprint density at radius 3 is 2.26 bits per heavy atom. The lowest BCUT2D eigenvalue weighted by Crippen LogP contribution is -2.42. The fourth-order valence-electron chi connectivity index (χ4n) is 8.53. The average Bonchev–Trinajstić information content (AvgIpc) is 3.78. The fourth-order valence-corrected chi connectivity index (χ4v) is 8.53. The van der Waals surface area contributed by atoms with E-state index in [9.17, 15) is 19.5 Å².